The monoisotopic (exact) mass is 500 g/mol. The fourth-order valence-electron chi connectivity index (χ4n) is 4.11. The molecule has 0 unspecified atom stereocenters. The maximum absolute atomic E-state index is 13.4. The second-order valence-electron chi connectivity index (χ2n) is 8.38. The molecule has 0 bridgehead atoms. The predicted molar refractivity (Wildman–Crippen MR) is 142 cm³/mol. The molecule has 0 aliphatic rings. The van der Waals surface area contributed by atoms with Crippen molar-refractivity contribution in [2.45, 2.75) is 19.9 Å². The average molecular weight is 501 g/mol. The van der Waals surface area contributed by atoms with Gasteiger partial charge < -0.3 is 24.1 Å². The number of amides is 1. The zero-order valence-corrected chi connectivity index (χ0v) is 21.2. The highest BCUT2D eigenvalue weighted by Crippen LogP contribution is 2.30. The third-order valence-corrected chi connectivity index (χ3v) is 6.14. The van der Waals surface area contributed by atoms with Crippen molar-refractivity contribution in [1.29, 1.82) is 0 Å². The molecule has 1 amide bonds. The lowest BCUT2D eigenvalue weighted by Gasteiger charge is -2.15. The third kappa shape index (κ3) is 5.33. The molecule has 0 radical (unpaired) electrons. The van der Waals surface area contributed by atoms with Crippen LogP contribution in [0.5, 0.6) is 17.2 Å². The maximum atomic E-state index is 13.4. The number of benzene rings is 3. The maximum Gasteiger partial charge on any atom is 0.244 e. The number of aromatic nitrogens is 1. The predicted octanol–water partition coefficient (Wildman–Crippen LogP) is 4.46. The summed E-state index contributed by atoms with van der Waals surface area (Å²) in [6.07, 6.45) is 2.29. The Hall–Kier alpha value is -4.59. The van der Waals surface area contributed by atoms with Crippen molar-refractivity contribution in [2.24, 2.45) is 0 Å². The van der Waals surface area contributed by atoms with Crippen LogP contribution in [-0.4, -0.2) is 37.6 Å². The van der Waals surface area contributed by atoms with Crippen LogP contribution in [0.4, 0.5) is 5.69 Å². The Bertz CT molecular complexity index is 1520. The summed E-state index contributed by atoms with van der Waals surface area (Å²) in [5.74, 6) is 0.729. The van der Waals surface area contributed by atoms with Crippen molar-refractivity contribution < 1.29 is 23.8 Å². The Morgan fingerprint density at radius 1 is 0.865 bits per heavy atom. The summed E-state index contributed by atoms with van der Waals surface area (Å²) in [4.78, 5) is 39.8. The first kappa shape index (κ1) is 25.5. The number of rotatable bonds is 9. The minimum atomic E-state index is -0.421. The molecular weight excluding hydrogens is 472 g/mol. The normalized spacial score (nSPS) is 10.7. The molecule has 1 aromatic heterocycles. The topological polar surface area (TPSA) is 95.9 Å². The number of anilines is 1. The highest BCUT2D eigenvalue weighted by Gasteiger charge is 2.19. The van der Waals surface area contributed by atoms with Crippen molar-refractivity contribution in [3.8, 4) is 17.2 Å². The molecule has 190 valence electrons. The molecular formula is C29H28N2O6. The second kappa shape index (κ2) is 11.0. The molecule has 0 fully saturated rings. The number of carbonyl (C=O) groups excluding carboxylic acids is 2. The van der Waals surface area contributed by atoms with E-state index in [0.29, 0.717) is 34.0 Å². The molecule has 8 heteroatoms. The molecule has 0 atom stereocenters. The Morgan fingerprint density at radius 2 is 1.59 bits per heavy atom. The van der Waals surface area contributed by atoms with Gasteiger partial charge in [0.2, 0.25) is 11.3 Å². The Labute approximate surface area is 214 Å². The summed E-state index contributed by atoms with van der Waals surface area (Å²) in [6, 6.07) is 17.2. The molecule has 4 rings (SSSR count). The van der Waals surface area contributed by atoms with E-state index in [4.69, 9.17) is 14.2 Å². The molecule has 3 aromatic carbocycles. The summed E-state index contributed by atoms with van der Waals surface area (Å²) in [6.45, 7) is 1.89. The van der Waals surface area contributed by atoms with Gasteiger partial charge in [-0.15, -0.1) is 0 Å². The molecule has 4 aromatic rings. The first-order valence-corrected chi connectivity index (χ1v) is 11.7. The second-order valence-corrected chi connectivity index (χ2v) is 8.38. The lowest BCUT2D eigenvalue weighted by atomic mass is 10.0. The first-order chi connectivity index (χ1) is 17.9. The Balaban J connectivity index is 1.73. The number of aryl methyl sites for hydroxylation is 1. The van der Waals surface area contributed by atoms with Crippen LogP contribution >= 0.6 is 0 Å². The van der Waals surface area contributed by atoms with E-state index >= 15 is 0 Å². The van der Waals surface area contributed by atoms with Crippen LogP contribution in [-0.2, 0) is 17.8 Å². The fraction of sp³-hybridized carbons (Fsp3) is 0.207. The van der Waals surface area contributed by atoms with Gasteiger partial charge in [0.15, 0.2) is 17.3 Å². The average Bonchev–Trinajstić information content (AvgIpc) is 2.93. The molecule has 0 saturated carbocycles. The third-order valence-electron chi connectivity index (χ3n) is 6.14. The van der Waals surface area contributed by atoms with Gasteiger partial charge in [-0.3, -0.25) is 14.4 Å². The van der Waals surface area contributed by atoms with Crippen LogP contribution in [0.1, 0.15) is 28.4 Å². The Kier molecular flexibility index (Phi) is 7.57. The van der Waals surface area contributed by atoms with Gasteiger partial charge in [-0.1, -0.05) is 31.2 Å². The molecule has 0 spiro atoms. The number of ketones is 1. The van der Waals surface area contributed by atoms with Crippen LogP contribution in [0.25, 0.3) is 10.9 Å². The zero-order valence-electron chi connectivity index (χ0n) is 21.2. The van der Waals surface area contributed by atoms with E-state index in [0.717, 1.165) is 12.0 Å². The van der Waals surface area contributed by atoms with Gasteiger partial charge >= 0.3 is 0 Å². The van der Waals surface area contributed by atoms with Gasteiger partial charge in [0.25, 0.3) is 0 Å². The number of hydrogen-bond donors (Lipinski definition) is 1. The van der Waals surface area contributed by atoms with Gasteiger partial charge in [-0.05, 0) is 42.3 Å². The summed E-state index contributed by atoms with van der Waals surface area (Å²) >= 11 is 0. The van der Waals surface area contributed by atoms with Gasteiger partial charge in [0.1, 0.15) is 12.3 Å². The standard InChI is InChI=1S/C29H28N2O6/c1-5-18-6-8-19(9-7-18)28(33)23-16-31(24-12-11-21(35-2)15-22(24)29(23)34)17-27(32)30-20-10-13-25(36-3)26(14-20)37-4/h6-16H,5,17H2,1-4H3,(H,30,32). The SMILES string of the molecule is CCc1ccc(C(=O)c2cn(CC(=O)Nc3ccc(OC)c(OC)c3)c3ccc(OC)cc3c2=O)cc1. The van der Waals surface area contributed by atoms with Crippen molar-refractivity contribution in [1.82, 2.24) is 4.57 Å². The number of methoxy groups -OCH3 is 3. The van der Waals surface area contributed by atoms with Crippen molar-refractivity contribution in [2.75, 3.05) is 26.6 Å². The van der Waals surface area contributed by atoms with E-state index < -0.39 is 11.2 Å². The highest BCUT2D eigenvalue weighted by atomic mass is 16.5. The van der Waals surface area contributed by atoms with Crippen molar-refractivity contribution in [3.05, 3.63) is 93.8 Å². The van der Waals surface area contributed by atoms with E-state index in [1.165, 1.54) is 27.5 Å². The summed E-state index contributed by atoms with van der Waals surface area (Å²) in [5.41, 5.74) is 2.06. The van der Waals surface area contributed by atoms with Crippen molar-refractivity contribution in [3.63, 3.8) is 0 Å². The van der Waals surface area contributed by atoms with Crippen LogP contribution in [0.3, 0.4) is 0 Å². The zero-order chi connectivity index (χ0) is 26.5. The quantitative estimate of drug-likeness (QED) is 0.341. The van der Waals surface area contributed by atoms with E-state index in [1.807, 2.05) is 19.1 Å². The number of fused-ring (bicyclic) bond motifs is 1. The molecule has 0 aliphatic carbocycles. The van der Waals surface area contributed by atoms with E-state index in [9.17, 15) is 14.4 Å². The minimum Gasteiger partial charge on any atom is -0.497 e. The number of ether oxygens (including phenoxy) is 3. The lowest BCUT2D eigenvalue weighted by molar-refractivity contribution is -0.116. The van der Waals surface area contributed by atoms with E-state index in [2.05, 4.69) is 5.32 Å². The number of carbonyl (C=O) groups is 2. The first-order valence-electron chi connectivity index (χ1n) is 11.7. The number of pyridine rings is 1. The van der Waals surface area contributed by atoms with Crippen LogP contribution in [0, 0.1) is 0 Å². The van der Waals surface area contributed by atoms with Crippen LogP contribution in [0.2, 0.25) is 0 Å². The molecule has 0 saturated heterocycles. The van der Waals surface area contributed by atoms with E-state index in [-0.39, 0.29) is 23.4 Å². The summed E-state index contributed by atoms with van der Waals surface area (Å²) in [5, 5.41) is 3.11. The summed E-state index contributed by atoms with van der Waals surface area (Å²) < 4.78 is 17.4. The smallest absolute Gasteiger partial charge is 0.244 e. The van der Waals surface area contributed by atoms with Crippen LogP contribution < -0.4 is 25.0 Å². The molecule has 37 heavy (non-hydrogen) atoms. The van der Waals surface area contributed by atoms with Gasteiger partial charge in [-0.2, -0.15) is 0 Å². The highest BCUT2D eigenvalue weighted by molar-refractivity contribution is 6.10. The molecule has 8 nitrogen and oxygen atoms in total. The van der Waals surface area contributed by atoms with E-state index in [1.54, 1.807) is 53.1 Å². The summed E-state index contributed by atoms with van der Waals surface area (Å²) in [7, 11) is 4.54. The largest absolute Gasteiger partial charge is 0.497 e. The molecule has 1 heterocycles. The number of hydrogen-bond acceptors (Lipinski definition) is 6. The van der Waals surface area contributed by atoms with Gasteiger partial charge in [-0.25, -0.2) is 0 Å². The minimum absolute atomic E-state index is 0.0241. The fourth-order valence-corrected chi connectivity index (χ4v) is 4.11. The van der Waals surface area contributed by atoms with Gasteiger partial charge in [0, 0.05) is 23.5 Å². The van der Waals surface area contributed by atoms with Crippen molar-refractivity contribution >= 4 is 28.3 Å². The Morgan fingerprint density at radius 3 is 2.24 bits per heavy atom. The molecule has 1 N–H and O–H groups in total. The molecule has 0 aliphatic heterocycles. The van der Waals surface area contributed by atoms with Crippen LogP contribution in [0.15, 0.2) is 71.7 Å². The van der Waals surface area contributed by atoms with Gasteiger partial charge in [0.05, 0.1) is 37.8 Å². The number of nitrogens with one attached hydrogen (secondary N) is 1. The number of nitrogens with zero attached hydrogens (tertiary/aromatic N) is 1. The lowest BCUT2D eigenvalue weighted by Crippen LogP contribution is -2.24.